The first-order valence-electron chi connectivity index (χ1n) is 5.20. The molecule has 1 heterocycles. The predicted octanol–water partition coefficient (Wildman–Crippen LogP) is 3.00. The SMILES string of the molecule is COC(=O)c1cccc2nc(C(F)(F)C(F)(F)F)[nH]c12. The molecule has 1 aromatic carbocycles. The molecule has 0 amide bonds. The van der Waals surface area contributed by atoms with Gasteiger partial charge in [0.1, 0.15) is 0 Å². The molecular weight excluding hydrogens is 287 g/mol. The summed E-state index contributed by atoms with van der Waals surface area (Å²) in [6, 6.07) is 3.72. The normalized spacial score (nSPS) is 12.7. The third kappa shape index (κ3) is 2.08. The number of fused-ring (bicyclic) bond motifs is 1. The molecule has 0 bridgehead atoms. The van der Waals surface area contributed by atoms with Gasteiger partial charge in [0, 0.05) is 0 Å². The lowest BCUT2D eigenvalue weighted by molar-refractivity contribution is -0.292. The van der Waals surface area contributed by atoms with Crippen LogP contribution in [0.3, 0.4) is 0 Å². The zero-order valence-corrected chi connectivity index (χ0v) is 9.89. The van der Waals surface area contributed by atoms with Crippen LogP contribution in [0.4, 0.5) is 22.0 Å². The maximum Gasteiger partial charge on any atom is 0.461 e. The second-order valence-electron chi connectivity index (χ2n) is 3.85. The number of nitrogens with one attached hydrogen (secondary N) is 1. The number of methoxy groups -OCH3 is 1. The highest BCUT2D eigenvalue weighted by atomic mass is 19.4. The number of rotatable bonds is 2. The summed E-state index contributed by atoms with van der Waals surface area (Å²) in [6.07, 6.45) is -5.79. The largest absolute Gasteiger partial charge is 0.465 e. The monoisotopic (exact) mass is 294 g/mol. The number of hydrogen-bond acceptors (Lipinski definition) is 3. The molecule has 0 saturated heterocycles. The Labute approximate surface area is 108 Å². The molecule has 2 aromatic rings. The second-order valence-corrected chi connectivity index (χ2v) is 3.85. The molecule has 0 aliphatic rings. The molecule has 0 aliphatic carbocycles. The van der Waals surface area contributed by atoms with Crippen LogP contribution < -0.4 is 0 Å². The van der Waals surface area contributed by atoms with E-state index < -0.39 is 23.9 Å². The van der Waals surface area contributed by atoms with Crippen LogP contribution in [0.2, 0.25) is 0 Å². The molecule has 0 saturated carbocycles. The number of nitrogens with zero attached hydrogens (tertiary/aromatic N) is 1. The van der Waals surface area contributed by atoms with E-state index >= 15 is 0 Å². The number of para-hydroxylation sites is 1. The molecule has 1 N–H and O–H groups in total. The van der Waals surface area contributed by atoms with E-state index in [1.54, 1.807) is 0 Å². The maximum atomic E-state index is 13.2. The standard InChI is InChI=1S/C11H7F5N2O2/c1-20-8(19)5-3-2-4-6-7(5)18-9(17-6)10(12,13)11(14,15)16/h2-4H,1H3,(H,17,18). The zero-order chi connectivity index (χ0) is 15.1. The Morgan fingerprint density at radius 2 is 1.90 bits per heavy atom. The third-order valence-corrected chi connectivity index (χ3v) is 2.58. The van der Waals surface area contributed by atoms with Gasteiger partial charge in [0.05, 0.1) is 23.7 Å². The number of carbonyl (C=O) groups is 1. The molecule has 0 fully saturated rings. The molecule has 0 spiro atoms. The van der Waals surface area contributed by atoms with Gasteiger partial charge < -0.3 is 9.72 Å². The van der Waals surface area contributed by atoms with Crippen molar-refractivity contribution < 1.29 is 31.5 Å². The van der Waals surface area contributed by atoms with Crippen LogP contribution in [0.1, 0.15) is 16.2 Å². The summed E-state index contributed by atoms with van der Waals surface area (Å²) >= 11 is 0. The van der Waals surface area contributed by atoms with Gasteiger partial charge in [-0.25, -0.2) is 9.78 Å². The number of esters is 1. The fourth-order valence-electron chi connectivity index (χ4n) is 1.59. The topological polar surface area (TPSA) is 55.0 Å². The lowest BCUT2D eigenvalue weighted by atomic mass is 10.2. The summed E-state index contributed by atoms with van der Waals surface area (Å²) in [5.74, 6) is -7.59. The molecule has 9 heteroatoms. The van der Waals surface area contributed by atoms with E-state index in [0.717, 1.165) is 7.11 Å². The molecular formula is C11H7F5N2O2. The van der Waals surface area contributed by atoms with Crippen molar-refractivity contribution in [3.63, 3.8) is 0 Å². The Hall–Kier alpha value is -2.19. The van der Waals surface area contributed by atoms with E-state index in [9.17, 15) is 26.7 Å². The van der Waals surface area contributed by atoms with Gasteiger partial charge in [0.2, 0.25) is 0 Å². The average molecular weight is 294 g/mol. The molecule has 0 atom stereocenters. The van der Waals surface area contributed by atoms with Crippen molar-refractivity contribution in [3.05, 3.63) is 29.6 Å². The number of aromatic amines is 1. The smallest absolute Gasteiger partial charge is 0.461 e. The summed E-state index contributed by atoms with van der Waals surface area (Å²) in [5.41, 5.74) is -0.605. The maximum absolute atomic E-state index is 13.2. The number of benzene rings is 1. The number of halogens is 5. The van der Waals surface area contributed by atoms with Crippen LogP contribution in [0.5, 0.6) is 0 Å². The van der Waals surface area contributed by atoms with Crippen LogP contribution in [0.15, 0.2) is 18.2 Å². The minimum Gasteiger partial charge on any atom is -0.465 e. The highest BCUT2D eigenvalue weighted by Crippen LogP contribution is 2.43. The number of imidazole rings is 1. The van der Waals surface area contributed by atoms with E-state index in [4.69, 9.17) is 0 Å². The van der Waals surface area contributed by atoms with Crippen molar-refractivity contribution in [3.8, 4) is 0 Å². The van der Waals surface area contributed by atoms with E-state index in [2.05, 4.69) is 9.72 Å². The van der Waals surface area contributed by atoms with Crippen LogP contribution in [-0.2, 0) is 10.7 Å². The molecule has 0 unspecified atom stereocenters. The van der Waals surface area contributed by atoms with Gasteiger partial charge in [-0.15, -0.1) is 0 Å². The fourth-order valence-corrected chi connectivity index (χ4v) is 1.59. The summed E-state index contributed by atoms with van der Waals surface area (Å²) in [4.78, 5) is 16.4. The number of hydrogen-bond donors (Lipinski definition) is 1. The van der Waals surface area contributed by atoms with Crippen molar-refractivity contribution in [2.24, 2.45) is 0 Å². The first-order valence-corrected chi connectivity index (χ1v) is 5.20. The Kier molecular flexibility index (Phi) is 3.15. The Bertz CT molecular complexity index is 662. The minimum atomic E-state index is -5.79. The lowest BCUT2D eigenvalue weighted by Gasteiger charge is -2.16. The summed E-state index contributed by atoms with van der Waals surface area (Å²) < 4.78 is 67.6. The van der Waals surface area contributed by atoms with Crippen molar-refractivity contribution in [2.45, 2.75) is 12.1 Å². The highest BCUT2D eigenvalue weighted by Gasteiger charge is 2.61. The molecule has 20 heavy (non-hydrogen) atoms. The summed E-state index contributed by atoms with van der Waals surface area (Å²) in [5, 5.41) is 0. The van der Waals surface area contributed by atoms with Crippen LogP contribution >= 0.6 is 0 Å². The third-order valence-electron chi connectivity index (χ3n) is 2.58. The van der Waals surface area contributed by atoms with Gasteiger partial charge in [0.25, 0.3) is 0 Å². The van der Waals surface area contributed by atoms with Crippen LogP contribution in [0, 0.1) is 0 Å². The first-order chi connectivity index (χ1) is 9.18. The molecule has 2 rings (SSSR count). The van der Waals surface area contributed by atoms with Crippen molar-refractivity contribution in [1.82, 2.24) is 9.97 Å². The van der Waals surface area contributed by atoms with Crippen molar-refractivity contribution in [2.75, 3.05) is 7.11 Å². The molecule has 1 aromatic heterocycles. The number of alkyl halides is 5. The van der Waals surface area contributed by atoms with E-state index in [1.807, 2.05) is 4.98 Å². The van der Waals surface area contributed by atoms with Crippen LogP contribution in [0.25, 0.3) is 11.0 Å². The van der Waals surface area contributed by atoms with Gasteiger partial charge in [-0.3, -0.25) is 0 Å². The van der Waals surface area contributed by atoms with Gasteiger partial charge in [-0.2, -0.15) is 22.0 Å². The van der Waals surface area contributed by atoms with Crippen LogP contribution in [-0.4, -0.2) is 29.2 Å². The molecule has 0 aliphatic heterocycles. The lowest BCUT2D eigenvalue weighted by Crippen LogP contribution is -2.34. The zero-order valence-electron chi connectivity index (χ0n) is 9.89. The first kappa shape index (κ1) is 14.2. The molecule has 108 valence electrons. The molecule has 4 nitrogen and oxygen atoms in total. The predicted molar refractivity (Wildman–Crippen MR) is 57.4 cm³/mol. The summed E-state index contributed by atoms with van der Waals surface area (Å²) in [7, 11) is 1.06. The minimum absolute atomic E-state index is 0.179. The van der Waals surface area contributed by atoms with Gasteiger partial charge in [-0.05, 0) is 12.1 Å². The number of ether oxygens (including phenoxy) is 1. The van der Waals surface area contributed by atoms with Crippen molar-refractivity contribution in [1.29, 1.82) is 0 Å². The number of aromatic nitrogens is 2. The fraction of sp³-hybridized carbons (Fsp3) is 0.273. The van der Waals surface area contributed by atoms with E-state index in [-0.39, 0.29) is 16.6 Å². The molecule has 0 radical (unpaired) electrons. The summed E-state index contributed by atoms with van der Waals surface area (Å²) in [6.45, 7) is 0. The van der Waals surface area contributed by atoms with Gasteiger partial charge in [-0.1, -0.05) is 6.07 Å². The van der Waals surface area contributed by atoms with Gasteiger partial charge >= 0.3 is 18.1 Å². The van der Waals surface area contributed by atoms with Gasteiger partial charge in [0.15, 0.2) is 5.82 Å². The quantitative estimate of drug-likeness (QED) is 0.684. The van der Waals surface area contributed by atoms with Crippen molar-refractivity contribution >= 4 is 17.0 Å². The Morgan fingerprint density at radius 3 is 2.45 bits per heavy atom. The second kappa shape index (κ2) is 4.43. The Balaban J connectivity index is 2.63. The Morgan fingerprint density at radius 1 is 1.25 bits per heavy atom. The highest BCUT2D eigenvalue weighted by molar-refractivity contribution is 6.01. The number of carbonyl (C=O) groups excluding carboxylic acids is 1. The average Bonchev–Trinajstić information content (AvgIpc) is 2.80. The number of H-pyrrole nitrogens is 1. The van der Waals surface area contributed by atoms with E-state index in [0.29, 0.717) is 0 Å². The van der Waals surface area contributed by atoms with E-state index in [1.165, 1.54) is 18.2 Å².